The Kier molecular flexibility index (Phi) is 10.2. The van der Waals surface area contributed by atoms with E-state index >= 15 is 0 Å². The van der Waals surface area contributed by atoms with Gasteiger partial charge in [-0.1, -0.05) is 6.07 Å². The number of anilines is 1. The van der Waals surface area contributed by atoms with Gasteiger partial charge < -0.3 is 19.3 Å². The Morgan fingerprint density at radius 1 is 0.833 bits per heavy atom. The number of nitrogens with one attached hydrogen (secondary N) is 1. The molecular formula is C40H42N8O5S. The van der Waals surface area contributed by atoms with Gasteiger partial charge in [0.1, 0.15) is 41.6 Å². The first kappa shape index (κ1) is 35.6. The molecular weight excluding hydrogens is 705 g/mol. The lowest BCUT2D eigenvalue weighted by Crippen LogP contribution is -2.52. The van der Waals surface area contributed by atoms with E-state index in [-0.39, 0.29) is 18.2 Å². The maximum absolute atomic E-state index is 13.0. The summed E-state index contributed by atoms with van der Waals surface area (Å²) >= 11 is 1.61. The van der Waals surface area contributed by atoms with Gasteiger partial charge in [0.15, 0.2) is 0 Å². The quantitative estimate of drug-likeness (QED) is 0.183. The molecule has 6 heterocycles. The zero-order valence-corrected chi connectivity index (χ0v) is 31.2. The number of amides is 3. The molecule has 0 bridgehead atoms. The number of pyridine rings is 2. The standard InChI is InChI=1S/C40H42N8O5S/c1-45(2)36-11-4-27(24-42-36)26-3-8-33(41-23-26)39-43-32-9-6-30(22-35(32)54-39)53-20-18-47-15-13-46(14-16-47)17-19-52-29-5-7-31-28(21-29)25-48(40(31)51)34-10-12-37(49)44-38(34)50/h3-9,11,21-24,34H,10,12-20,25H2,1-2H3,(H,44,49,50). The van der Waals surface area contributed by atoms with Gasteiger partial charge >= 0.3 is 0 Å². The molecule has 13 nitrogen and oxygen atoms in total. The third-order valence-electron chi connectivity index (χ3n) is 10.2. The maximum atomic E-state index is 13.0. The van der Waals surface area contributed by atoms with Gasteiger partial charge in [-0.25, -0.2) is 9.97 Å². The van der Waals surface area contributed by atoms with E-state index in [0.717, 1.165) is 88.4 Å². The highest BCUT2D eigenvalue weighted by molar-refractivity contribution is 7.21. The lowest BCUT2D eigenvalue weighted by molar-refractivity contribution is -0.136. The predicted octanol–water partition coefficient (Wildman–Crippen LogP) is 4.32. The first-order valence-corrected chi connectivity index (χ1v) is 19.1. The summed E-state index contributed by atoms with van der Waals surface area (Å²) in [6, 6.07) is 19.0. The fraction of sp³-hybridized carbons (Fsp3) is 0.350. The largest absolute Gasteiger partial charge is 0.492 e. The lowest BCUT2D eigenvalue weighted by Gasteiger charge is -2.34. The van der Waals surface area contributed by atoms with Crippen LogP contribution in [0.15, 0.2) is 73.1 Å². The Hall–Kier alpha value is -5.44. The normalized spacial score (nSPS) is 17.9. The molecule has 2 fully saturated rings. The van der Waals surface area contributed by atoms with Crippen LogP contribution in [0, 0.1) is 0 Å². The first-order chi connectivity index (χ1) is 26.3. The number of imide groups is 1. The Morgan fingerprint density at radius 3 is 2.17 bits per heavy atom. The molecule has 0 radical (unpaired) electrons. The SMILES string of the molecule is CN(C)c1ccc(-c2ccc(-c3nc4ccc(OCCN5CCN(CCOc6ccc7c(c6)CN(C6CCC(=O)NC6=O)C7=O)CC5)cc4s3)nc2)cn1. The topological polar surface area (TPSA) is 133 Å². The Balaban J connectivity index is 0.760. The second-order valence-electron chi connectivity index (χ2n) is 14.0. The van der Waals surface area contributed by atoms with Crippen LogP contribution in [-0.2, 0) is 16.1 Å². The highest BCUT2D eigenvalue weighted by Gasteiger charge is 2.39. The van der Waals surface area contributed by atoms with Crippen molar-refractivity contribution in [2.24, 2.45) is 0 Å². The van der Waals surface area contributed by atoms with E-state index in [0.29, 0.717) is 37.5 Å². The minimum Gasteiger partial charge on any atom is -0.492 e. The molecule has 1 unspecified atom stereocenters. The summed E-state index contributed by atoms with van der Waals surface area (Å²) in [5.74, 6) is 1.59. The number of hydrogen-bond acceptors (Lipinski definition) is 12. The van der Waals surface area contributed by atoms with Gasteiger partial charge in [0.2, 0.25) is 11.8 Å². The van der Waals surface area contributed by atoms with Gasteiger partial charge in [-0.15, -0.1) is 11.3 Å². The van der Waals surface area contributed by atoms with Crippen molar-refractivity contribution in [3.8, 4) is 33.3 Å². The summed E-state index contributed by atoms with van der Waals surface area (Å²) in [4.78, 5) is 59.2. The highest BCUT2D eigenvalue weighted by atomic mass is 32.1. The molecule has 2 aromatic carbocycles. The number of carbonyl (C=O) groups is 3. The number of piperazine rings is 1. The second kappa shape index (κ2) is 15.5. The van der Waals surface area contributed by atoms with Crippen LogP contribution in [0.3, 0.4) is 0 Å². The third-order valence-corrected chi connectivity index (χ3v) is 11.2. The van der Waals surface area contributed by atoms with E-state index in [1.54, 1.807) is 22.3 Å². The Labute approximate surface area is 317 Å². The molecule has 0 saturated carbocycles. The van der Waals surface area contributed by atoms with Crippen LogP contribution in [0.5, 0.6) is 11.5 Å². The average Bonchev–Trinajstić information content (AvgIpc) is 3.76. The van der Waals surface area contributed by atoms with Crippen molar-refractivity contribution < 1.29 is 23.9 Å². The molecule has 14 heteroatoms. The number of fused-ring (bicyclic) bond motifs is 2. The van der Waals surface area contributed by atoms with Crippen molar-refractivity contribution in [3.05, 3.63) is 84.2 Å². The number of carbonyl (C=O) groups excluding carboxylic acids is 3. The van der Waals surface area contributed by atoms with Crippen molar-refractivity contribution in [2.75, 3.05) is 71.5 Å². The summed E-state index contributed by atoms with van der Waals surface area (Å²) in [6.07, 6.45) is 4.33. The van der Waals surface area contributed by atoms with Crippen molar-refractivity contribution in [1.82, 2.24) is 35.0 Å². The van der Waals surface area contributed by atoms with Gasteiger partial charge in [-0.2, -0.15) is 0 Å². The molecule has 54 heavy (non-hydrogen) atoms. The van der Waals surface area contributed by atoms with Crippen molar-refractivity contribution in [3.63, 3.8) is 0 Å². The van der Waals surface area contributed by atoms with Crippen molar-refractivity contribution >= 4 is 45.1 Å². The zero-order chi connectivity index (χ0) is 37.2. The number of thiazole rings is 1. The van der Waals surface area contributed by atoms with Gasteiger partial charge in [0.25, 0.3) is 5.91 Å². The van der Waals surface area contributed by atoms with Crippen LogP contribution < -0.4 is 19.7 Å². The van der Waals surface area contributed by atoms with Crippen LogP contribution in [0.2, 0.25) is 0 Å². The second-order valence-corrected chi connectivity index (χ2v) is 15.0. The van der Waals surface area contributed by atoms with Crippen LogP contribution in [0.4, 0.5) is 5.82 Å². The number of aromatic nitrogens is 3. The molecule has 3 aromatic heterocycles. The molecule has 8 rings (SSSR count). The highest BCUT2D eigenvalue weighted by Crippen LogP contribution is 2.33. The van der Waals surface area contributed by atoms with Crippen LogP contribution in [0.1, 0.15) is 28.8 Å². The number of rotatable bonds is 12. The van der Waals surface area contributed by atoms with E-state index in [1.165, 1.54) is 0 Å². The monoisotopic (exact) mass is 746 g/mol. The Morgan fingerprint density at radius 2 is 1.52 bits per heavy atom. The smallest absolute Gasteiger partial charge is 0.255 e. The summed E-state index contributed by atoms with van der Waals surface area (Å²) in [5.41, 5.74) is 5.23. The van der Waals surface area contributed by atoms with Crippen molar-refractivity contribution in [2.45, 2.75) is 25.4 Å². The third kappa shape index (κ3) is 7.77. The van der Waals surface area contributed by atoms with Crippen LogP contribution in [-0.4, -0.2) is 120 Å². The van der Waals surface area contributed by atoms with E-state index in [2.05, 4.69) is 38.3 Å². The van der Waals surface area contributed by atoms with E-state index in [4.69, 9.17) is 19.4 Å². The molecule has 3 amide bonds. The average molecular weight is 747 g/mol. The number of hydrogen-bond donors (Lipinski definition) is 1. The molecule has 2 saturated heterocycles. The molecule has 278 valence electrons. The minimum absolute atomic E-state index is 0.179. The number of ether oxygens (including phenoxy) is 2. The predicted molar refractivity (Wildman–Crippen MR) is 207 cm³/mol. The number of nitrogens with zero attached hydrogens (tertiary/aromatic N) is 7. The molecule has 0 spiro atoms. The molecule has 1 N–H and O–H groups in total. The first-order valence-electron chi connectivity index (χ1n) is 18.3. The molecule has 3 aliphatic rings. The van der Waals surface area contributed by atoms with Gasteiger partial charge in [0, 0.05) is 95.4 Å². The number of piperidine rings is 1. The summed E-state index contributed by atoms with van der Waals surface area (Å²) in [6.45, 7) is 6.97. The number of benzene rings is 2. The molecule has 0 aliphatic carbocycles. The summed E-state index contributed by atoms with van der Waals surface area (Å²) < 4.78 is 13.3. The lowest BCUT2D eigenvalue weighted by atomic mass is 10.0. The van der Waals surface area contributed by atoms with Crippen LogP contribution >= 0.6 is 11.3 Å². The maximum Gasteiger partial charge on any atom is 0.255 e. The summed E-state index contributed by atoms with van der Waals surface area (Å²) in [5, 5.41) is 3.22. The summed E-state index contributed by atoms with van der Waals surface area (Å²) in [7, 11) is 3.95. The fourth-order valence-corrected chi connectivity index (χ4v) is 8.05. The van der Waals surface area contributed by atoms with E-state index in [9.17, 15) is 14.4 Å². The zero-order valence-electron chi connectivity index (χ0n) is 30.4. The van der Waals surface area contributed by atoms with E-state index < -0.39 is 11.9 Å². The van der Waals surface area contributed by atoms with Gasteiger partial charge in [-0.3, -0.25) is 34.5 Å². The van der Waals surface area contributed by atoms with Gasteiger partial charge in [-0.05, 0) is 66.6 Å². The Bertz CT molecular complexity index is 2170. The van der Waals surface area contributed by atoms with Crippen LogP contribution in [0.25, 0.3) is 32.0 Å². The fourth-order valence-electron chi connectivity index (χ4n) is 7.08. The van der Waals surface area contributed by atoms with Crippen molar-refractivity contribution in [1.29, 1.82) is 0 Å². The van der Waals surface area contributed by atoms with Gasteiger partial charge in [0.05, 0.1) is 15.9 Å². The molecule has 5 aromatic rings. The minimum atomic E-state index is -0.621. The molecule has 1 atom stereocenters. The van der Waals surface area contributed by atoms with E-state index in [1.807, 2.05) is 67.8 Å². The molecule has 3 aliphatic heterocycles.